The highest BCUT2D eigenvalue weighted by atomic mass is 35.5. The van der Waals surface area contributed by atoms with Crippen LogP contribution in [0.1, 0.15) is 32.6 Å². The van der Waals surface area contributed by atoms with E-state index in [0.717, 1.165) is 25.7 Å². The molecule has 0 aliphatic heterocycles. The molecule has 1 aromatic carbocycles. The third kappa shape index (κ3) is 5.79. The van der Waals surface area contributed by atoms with E-state index < -0.39 is 10.0 Å². The van der Waals surface area contributed by atoms with Crippen molar-refractivity contribution in [2.45, 2.75) is 37.5 Å². The number of aliphatic hydroxyl groups excluding tert-OH is 1. The summed E-state index contributed by atoms with van der Waals surface area (Å²) < 4.78 is 26.8. The number of hydrogen-bond donors (Lipinski definition) is 2. The summed E-state index contributed by atoms with van der Waals surface area (Å²) in [6.45, 7) is 2.65. The van der Waals surface area contributed by atoms with Crippen LogP contribution in [0.2, 0.25) is 5.02 Å². The minimum atomic E-state index is -3.47. The van der Waals surface area contributed by atoms with Crippen molar-refractivity contribution in [2.24, 2.45) is 5.92 Å². The third-order valence-electron chi connectivity index (χ3n) is 3.28. The van der Waals surface area contributed by atoms with Gasteiger partial charge in [0.05, 0.1) is 4.90 Å². The lowest BCUT2D eigenvalue weighted by atomic mass is 10.00. The van der Waals surface area contributed by atoms with Crippen molar-refractivity contribution in [3.63, 3.8) is 0 Å². The minimum absolute atomic E-state index is 0.187. The van der Waals surface area contributed by atoms with Crippen molar-refractivity contribution in [2.75, 3.05) is 13.2 Å². The standard InChI is InChI=1S/C14H22ClNO3S/c1-2-12(5-3-4-10-17)11-16-20(18,19)14-8-6-13(15)7-9-14/h6-9,12,16-17H,2-5,10-11H2,1H3/t12-/m0/s1. The zero-order valence-corrected chi connectivity index (χ0v) is 13.3. The average Bonchev–Trinajstić information content (AvgIpc) is 2.43. The van der Waals surface area contributed by atoms with Gasteiger partial charge in [0, 0.05) is 18.2 Å². The lowest BCUT2D eigenvalue weighted by Gasteiger charge is -2.15. The fraction of sp³-hybridized carbons (Fsp3) is 0.571. The van der Waals surface area contributed by atoms with Crippen LogP contribution < -0.4 is 4.72 Å². The molecule has 0 spiro atoms. The first kappa shape index (κ1) is 17.4. The van der Waals surface area contributed by atoms with E-state index in [1.54, 1.807) is 12.1 Å². The van der Waals surface area contributed by atoms with Crippen molar-refractivity contribution in [3.05, 3.63) is 29.3 Å². The summed E-state index contributed by atoms with van der Waals surface area (Å²) in [4.78, 5) is 0.229. The van der Waals surface area contributed by atoms with E-state index in [1.807, 2.05) is 6.92 Å². The van der Waals surface area contributed by atoms with Crippen LogP contribution in [0.15, 0.2) is 29.2 Å². The molecule has 0 amide bonds. The molecule has 0 fully saturated rings. The molecule has 0 saturated carbocycles. The fourth-order valence-electron chi connectivity index (χ4n) is 1.92. The molecular formula is C14H22ClNO3S. The molecule has 2 N–H and O–H groups in total. The Morgan fingerprint density at radius 2 is 1.90 bits per heavy atom. The monoisotopic (exact) mass is 319 g/mol. The Kier molecular flexibility index (Phi) is 7.51. The molecule has 0 aliphatic rings. The molecule has 20 heavy (non-hydrogen) atoms. The van der Waals surface area contributed by atoms with Crippen LogP contribution in [0.25, 0.3) is 0 Å². The molecule has 0 radical (unpaired) electrons. The van der Waals surface area contributed by atoms with Crippen LogP contribution in [0, 0.1) is 5.92 Å². The summed E-state index contributed by atoms with van der Waals surface area (Å²) in [5, 5.41) is 9.27. The largest absolute Gasteiger partial charge is 0.396 e. The van der Waals surface area contributed by atoms with Gasteiger partial charge in [-0.1, -0.05) is 31.4 Å². The van der Waals surface area contributed by atoms with Gasteiger partial charge in [-0.25, -0.2) is 13.1 Å². The van der Waals surface area contributed by atoms with Crippen LogP contribution in [0.4, 0.5) is 0 Å². The Bertz CT molecular complexity index is 488. The van der Waals surface area contributed by atoms with E-state index in [0.29, 0.717) is 17.5 Å². The molecule has 114 valence electrons. The topological polar surface area (TPSA) is 66.4 Å². The number of nitrogens with one attached hydrogen (secondary N) is 1. The van der Waals surface area contributed by atoms with Gasteiger partial charge in [0.2, 0.25) is 10.0 Å². The van der Waals surface area contributed by atoms with E-state index in [2.05, 4.69) is 4.72 Å². The number of sulfonamides is 1. The maximum atomic E-state index is 12.1. The lowest BCUT2D eigenvalue weighted by Crippen LogP contribution is -2.29. The van der Waals surface area contributed by atoms with Crippen LogP contribution >= 0.6 is 11.6 Å². The Balaban J connectivity index is 2.55. The molecule has 0 heterocycles. The molecule has 6 heteroatoms. The van der Waals surface area contributed by atoms with Gasteiger partial charge in [-0.15, -0.1) is 0 Å². The van der Waals surface area contributed by atoms with Gasteiger partial charge in [-0.2, -0.15) is 0 Å². The first-order valence-corrected chi connectivity index (χ1v) is 8.71. The number of hydrogen-bond acceptors (Lipinski definition) is 3. The second kappa shape index (κ2) is 8.62. The smallest absolute Gasteiger partial charge is 0.240 e. The molecule has 1 aromatic rings. The van der Waals surface area contributed by atoms with Crippen molar-refractivity contribution >= 4 is 21.6 Å². The van der Waals surface area contributed by atoms with Crippen LogP contribution in [-0.4, -0.2) is 26.7 Å². The summed E-state index contributed by atoms with van der Waals surface area (Å²) in [6, 6.07) is 6.12. The van der Waals surface area contributed by atoms with Crippen LogP contribution in [0.5, 0.6) is 0 Å². The molecule has 1 atom stereocenters. The highest BCUT2D eigenvalue weighted by Gasteiger charge is 2.16. The van der Waals surface area contributed by atoms with Gasteiger partial charge in [0.25, 0.3) is 0 Å². The Labute approximate surface area is 126 Å². The molecule has 0 unspecified atom stereocenters. The fourth-order valence-corrected chi connectivity index (χ4v) is 3.16. The maximum absolute atomic E-state index is 12.1. The van der Waals surface area contributed by atoms with Crippen molar-refractivity contribution < 1.29 is 13.5 Å². The quantitative estimate of drug-likeness (QED) is 0.688. The van der Waals surface area contributed by atoms with E-state index in [-0.39, 0.29) is 11.5 Å². The molecule has 1 rings (SSSR count). The zero-order valence-electron chi connectivity index (χ0n) is 11.7. The number of benzene rings is 1. The van der Waals surface area contributed by atoms with Crippen molar-refractivity contribution in [1.82, 2.24) is 4.72 Å². The normalized spacial score (nSPS) is 13.3. The average molecular weight is 320 g/mol. The summed E-state index contributed by atoms with van der Waals surface area (Å²) in [5.41, 5.74) is 0. The predicted molar refractivity (Wildman–Crippen MR) is 81.4 cm³/mol. The number of rotatable bonds is 9. The molecular weight excluding hydrogens is 298 g/mol. The molecule has 0 saturated heterocycles. The molecule has 0 bridgehead atoms. The van der Waals surface area contributed by atoms with E-state index in [1.165, 1.54) is 12.1 Å². The first-order chi connectivity index (χ1) is 9.49. The molecule has 0 aliphatic carbocycles. The predicted octanol–water partition coefficient (Wildman–Crippen LogP) is 2.81. The zero-order chi connectivity index (χ0) is 15.0. The number of halogens is 1. The van der Waals surface area contributed by atoms with Crippen LogP contribution in [0.3, 0.4) is 0 Å². The molecule has 4 nitrogen and oxygen atoms in total. The SMILES string of the molecule is CC[C@@H](CCCCO)CNS(=O)(=O)c1ccc(Cl)cc1. The summed E-state index contributed by atoms with van der Waals surface area (Å²) >= 11 is 5.75. The summed E-state index contributed by atoms with van der Waals surface area (Å²) in [5.74, 6) is 0.295. The van der Waals surface area contributed by atoms with Gasteiger partial charge >= 0.3 is 0 Å². The van der Waals surface area contributed by atoms with Gasteiger partial charge in [0.1, 0.15) is 0 Å². The van der Waals surface area contributed by atoms with Gasteiger partial charge in [-0.3, -0.25) is 0 Å². The van der Waals surface area contributed by atoms with Crippen LogP contribution in [-0.2, 0) is 10.0 Å². The van der Waals surface area contributed by atoms with Gasteiger partial charge in [0.15, 0.2) is 0 Å². The Morgan fingerprint density at radius 3 is 2.45 bits per heavy atom. The van der Waals surface area contributed by atoms with E-state index in [9.17, 15) is 8.42 Å². The van der Waals surface area contributed by atoms with Gasteiger partial charge < -0.3 is 5.11 Å². The molecule has 0 aromatic heterocycles. The minimum Gasteiger partial charge on any atom is -0.396 e. The number of aliphatic hydroxyl groups is 1. The Morgan fingerprint density at radius 1 is 1.25 bits per heavy atom. The third-order valence-corrected chi connectivity index (χ3v) is 4.98. The highest BCUT2D eigenvalue weighted by molar-refractivity contribution is 7.89. The van der Waals surface area contributed by atoms with Gasteiger partial charge in [-0.05, 0) is 43.0 Å². The first-order valence-electron chi connectivity index (χ1n) is 6.85. The summed E-state index contributed by atoms with van der Waals surface area (Å²) in [6.07, 6.45) is 3.51. The van der Waals surface area contributed by atoms with Crippen molar-refractivity contribution in [1.29, 1.82) is 0 Å². The summed E-state index contributed by atoms with van der Waals surface area (Å²) in [7, 11) is -3.47. The van der Waals surface area contributed by atoms with E-state index in [4.69, 9.17) is 16.7 Å². The van der Waals surface area contributed by atoms with E-state index >= 15 is 0 Å². The van der Waals surface area contributed by atoms with Crippen molar-refractivity contribution in [3.8, 4) is 0 Å². The second-order valence-electron chi connectivity index (χ2n) is 4.80. The Hall–Kier alpha value is -0.620. The highest BCUT2D eigenvalue weighted by Crippen LogP contribution is 2.16. The second-order valence-corrected chi connectivity index (χ2v) is 7.00. The maximum Gasteiger partial charge on any atom is 0.240 e. The lowest BCUT2D eigenvalue weighted by molar-refractivity contribution is 0.277. The number of unbranched alkanes of at least 4 members (excludes halogenated alkanes) is 1.